The zero-order valence-electron chi connectivity index (χ0n) is 16.5. The molecule has 2 rings (SSSR count). The van der Waals surface area contributed by atoms with E-state index < -0.39 is 0 Å². The fourth-order valence-electron chi connectivity index (χ4n) is 3.10. The average Bonchev–Trinajstić information content (AvgIpc) is 2.68. The summed E-state index contributed by atoms with van der Waals surface area (Å²) in [6.07, 6.45) is 4.06. The number of likely N-dealkylation sites (tertiary alicyclic amines) is 1. The quantitative estimate of drug-likeness (QED) is 0.634. The lowest BCUT2D eigenvalue weighted by molar-refractivity contribution is -0.132. The highest BCUT2D eigenvalue weighted by atomic mass is 16.5. The maximum atomic E-state index is 12.6. The van der Waals surface area contributed by atoms with Crippen LogP contribution in [0.5, 0.6) is 11.5 Å². The highest BCUT2D eigenvalue weighted by Gasteiger charge is 2.22. The molecular formula is C21H32N2O4. The van der Waals surface area contributed by atoms with Gasteiger partial charge in [-0.25, -0.2) is 0 Å². The Morgan fingerprint density at radius 1 is 1.11 bits per heavy atom. The standard InChI is InChI=1S/C21H32N2O4/c1-3-12-26-19-9-7-16(14-20(19)27-13-4-2)18(24)8-10-21(25)23-11-5-6-17(22)15-23/h7,9,14,17H,3-6,8,10-13,15,22H2,1-2H3. The molecule has 0 spiro atoms. The highest BCUT2D eigenvalue weighted by Crippen LogP contribution is 2.29. The van der Waals surface area contributed by atoms with Crippen LogP contribution in [0.3, 0.4) is 0 Å². The minimum Gasteiger partial charge on any atom is -0.490 e. The fraction of sp³-hybridized carbons (Fsp3) is 0.619. The fourth-order valence-corrected chi connectivity index (χ4v) is 3.10. The molecule has 1 aliphatic rings. The molecule has 2 N–H and O–H groups in total. The molecule has 0 radical (unpaired) electrons. The molecule has 1 amide bonds. The maximum Gasteiger partial charge on any atom is 0.223 e. The van der Waals surface area contributed by atoms with E-state index in [-0.39, 0.29) is 30.6 Å². The number of carbonyl (C=O) groups is 2. The van der Waals surface area contributed by atoms with Crippen LogP contribution in [0.2, 0.25) is 0 Å². The monoisotopic (exact) mass is 376 g/mol. The van der Waals surface area contributed by atoms with Crippen LogP contribution in [-0.2, 0) is 4.79 Å². The number of piperidine rings is 1. The van der Waals surface area contributed by atoms with Gasteiger partial charge in [0.15, 0.2) is 17.3 Å². The lowest BCUT2D eigenvalue weighted by atomic mass is 10.0. The minimum atomic E-state index is -0.0620. The topological polar surface area (TPSA) is 81.9 Å². The van der Waals surface area contributed by atoms with Gasteiger partial charge < -0.3 is 20.1 Å². The van der Waals surface area contributed by atoms with Gasteiger partial charge in [-0.3, -0.25) is 9.59 Å². The molecule has 150 valence electrons. The second kappa shape index (κ2) is 10.9. The zero-order valence-corrected chi connectivity index (χ0v) is 16.5. The van der Waals surface area contributed by atoms with E-state index in [0.717, 1.165) is 32.2 Å². The molecule has 1 unspecified atom stereocenters. The van der Waals surface area contributed by atoms with E-state index in [0.29, 0.717) is 36.8 Å². The van der Waals surface area contributed by atoms with Gasteiger partial charge in [0.25, 0.3) is 0 Å². The number of nitrogens with zero attached hydrogens (tertiary/aromatic N) is 1. The molecule has 0 aromatic heterocycles. The number of benzene rings is 1. The Hall–Kier alpha value is -2.08. The van der Waals surface area contributed by atoms with Gasteiger partial charge in [0, 0.05) is 37.5 Å². The lowest BCUT2D eigenvalue weighted by Gasteiger charge is -2.30. The number of Topliss-reactive ketones (excluding diaryl/α,β-unsaturated/α-hetero) is 1. The smallest absolute Gasteiger partial charge is 0.223 e. The van der Waals surface area contributed by atoms with Crippen LogP contribution in [-0.4, -0.2) is 48.9 Å². The van der Waals surface area contributed by atoms with Crippen molar-refractivity contribution in [3.05, 3.63) is 23.8 Å². The number of rotatable bonds is 10. The number of hydrogen-bond donors (Lipinski definition) is 1. The lowest BCUT2D eigenvalue weighted by Crippen LogP contribution is -2.45. The average molecular weight is 376 g/mol. The molecule has 1 aliphatic heterocycles. The molecule has 0 bridgehead atoms. The van der Waals surface area contributed by atoms with E-state index >= 15 is 0 Å². The van der Waals surface area contributed by atoms with E-state index in [2.05, 4.69) is 0 Å². The van der Waals surface area contributed by atoms with Crippen LogP contribution in [0, 0.1) is 0 Å². The molecule has 1 aromatic rings. The number of ketones is 1. The third-order valence-corrected chi connectivity index (χ3v) is 4.57. The van der Waals surface area contributed by atoms with Crippen LogP contribution in [0.1, 0.15) is 62.7 Å². The van der Waals surface area contributed by atoms with Gasteiger partial charge in [0.05, 0.1) is 13.2 Å². The van der Waals surface area contributed by atoms with Crippen molar-refractivity contribution in [1.29, 1.82) is 0 Å². The van der Waals surface area contributed by atoms with Crippen molar-refractivity contribution in [2.75, 3.05) is 26.3 Å². The van der Waals surface area contributed by atoms with E-state index in [1.54, 1.807) is 23.1 Å². The Kier molecular flexibility index (Phi) is 8.58. The molecule has 1 saturated heterocycles. The van der Waals surface area contributed by atoms with Crippen LogP contribution >= 0.6 is 0 Å². The summed E-state index contributed by atoms with van der Waals surface area (Å²) in [5.74, 6) is 1.18. The van der Waals surface area contributed by atoms with Crippen molar-refractivity contribution in [2.24, 2.45) is 5.73 Å². The predicted molar refractivity (Wildman–Crippen MR) is 105 cm³/mol. The molecule has 1 atom stereocenters. The van der Waals surface area contributed by atoms with Crippen molar-refractivity contribution < 1.29 is 19.1 Å². The van der Waals surface area contributed by atoms with Crippen molar-refractivity contribution in [1.82, 2.24) is 4.90 Å². The van der Waals surface area contributed by atoms with Crippen molar-refractivity contribution >= 4 is 11.7 Å². The van der Waals surface area contributed by atoms with Crippen molar-refractivity contribution in [3.63, 3.8) is 0 Å². The summed E-state index contributed by atoms with van der Waals surface area (Å²) in [5.41, 5.74) is 6.48. The van der Waals surface area contributed by atoms with Gasteiger partial charge in [0.2, 0.25) is 5.91 Å². The molecule has 6 heteroatoms. The highest BCUT2D eigenvalue weighted by molar-refractivity contribution is 5.98. The maximum absolute atomic E-state index is 12.6. The number of amides is 1. The summed E-state index contributed by atoms with van der Waals surface area (Å²) in [4.78, 5) is 26.7. The third-order valence-electron chi connectivity index (χ3n) is 4.57. The Balaban J connectivity index is 1.96. The first kappa shape index (κ1) is 21.2. The Morgan fingerprint density at radius 2 is 1.81 bits per heavy atom. The number of ether oxygens (including phenoxy) is 2. The summed E-state index contributed by atoms with van der Waals surface area (Å²) < 4.78 is 11.4. The van der Waals surface area contributed by atoms with E-state index in [1.807, 2.05) is 13.8 Å². The first-order valence-corrected chi connectivity index (χ1v) is 10.0. The SMILES string of the molecule is CCCOc1ccc(C(=O)CCC(=O)N2CCCC(N)C2)cc1OCCC. The summed E-state index contributed by atoms with van der Waals surface area (Å²) in [6.45, 7) is 6.55. The first-order valence-electron chi connectivity index (χ1n) is 10.0. The van der Waals surface area contributed by atoms with E-state index in [1.165, 1.54) is 0 Å². The number of nitrogens with two attached hydrogens (primary N) is 1. The van der Waals surface area contributed by atoms with Crippen molar-refractivity contribution in [2.45, 2.75) is 58.4 Å². The summed E-state index contributed by atoms with van der Waals surface area (Å²) >= 11 is 0. The summed E-state index contributed by atoms with van der Waals surface area (Å²) in [7, 11) is 0. The predicted octanol–water partition coefficient (Wildman–Crippen LogP) is 3.18. The largest absolute Gasteiger partial charge is 0.490 e. The van der Waals surface area contributed by atoms with Gasteiger partial charge in [-0.2, -0.15) is 0 Å². The molecular weight excluding hydrogens is 344 g/mol. The van der Waals surface area contributed by atoms with Crippen LogP contribution in [0.15, 0.2) is 18.2 Å². The Morgan fingerprint density at radius 3 is 2.48 bits per heavy atom. The molecule has 0 aliphatic carbocycles. The van der Waals surface area contributed by atoms with Gasteiger partial charge in [-0.15, -0.1) is 0 Å². The molecule has 1 aromatic carbocycles. The van der Waals surface area contributed by atoms with Crippen molar-refractivity contribution in [3.8, 4) is 11.5 Å². The molecule has 0 saturated carbocycles. The summed E-state index contributed by atoms with van der Waals surface area (Å²) in [5, 5.41) is 0. The Bertz CT molecular complexity index is 633. The van der Waals surface area contributed by atoms with E-state index in [9.17, 15) is 9.59 Å². The molecule has 27 heavy (non-hydrogen) atoms. The van der Waals surface area contributed by atoms with E-state index in [4.69, 9.17) is 15.2 Å². The minimum absolute atomic E-state index is 0.00357. The van der Waals surface area contributed by atoms with Crippen LogP contribution in [0.25, 0.3) is 0 Å². The summed E-state index contributed by atoms with van der Waals surface area (Å²) in [6, 6.07) is 5.30. The Labute approximate surface area is 162 Å². The number of carbonyl (C=O) groups excluding carboxylic acids is 2. The molecule has 1 heterocycles. The first-order chi connectivity index (χ1) is 13.0. The number of hydrogen-bond acceptors (Lipinski definition) is 5. The second-order valence-corrected chi connectivity index (χ2v) is 7.02. The van der Waals surface area contributed by atoms with Gasteiger partial charge in [0.1, 0.15) is 0 Å². The van der Waals surface area contributed by atoms with Gasteiger partial charge in [-0.05, 0) is 43.9 Å². The van der Waals surface area contributed by atoms with Crippen LogP contribution < -0.4 is 15.2 Å². The van der Waals surface area contributed by atoms with Crippen LogP contribution in [0.4, 0.5) is 0 Å². The van der Waals surface area contributed by atoms with Gasteiger partial charge in [-0.1, -0.05) is 13.8 Å². The molecule has 6 nitrogen and oxygen atoms in total. The second-order valence-electron chi connectivity index (χ2n) is 7.02. The third kappa shape index (κ3) is 6.54. The van der Waals surface area contributed by atoms with Gasteiger partial charge >= 0.3 is 0 Å². The normalized spacial score (nSPS) is 16.9. The zero-order chi connectivity index (χ0) is 19.6. The molecule has 1 fully saturated rings.